The highest BCUT2D eigenvalue weighted by molar-refractivity contribution is 4.83. The molecule has 0 saturated heterocycles. The van der Waals surface area contributed by atoms with Gasteiger partial charge in [0.1, 0.15) is 0 Å². The first-order valence-corrected chi connectivity index (χ1v) is 3.21. The Bertz CT molecular complexity index is 104. The maximum absolute atomic E-state index is 11.8. The molecule has 1 unspecified atom stereocenters. The van der Waals surface area contributed by atoms with Crippen molar-refractivity contribution in [3.05, 3.63) is 12.7 Å². The quantitative estimate of drug-likeness (QED) is 0.545. The van der Waals surface area contributed by atoms with Gasteiger partial charge in [0, 0.05) is 0 Å². The smallest absolute Gasteiger partial charge is 0.170 e. The average molecular weight is 152 g/mol. The van der Waals surface area contributed by atoms with E-state index in [-0.39, 0.29) is 6.42 Å². The maximum atomic E-state index is 11.8. The third-order valence-electron chi connectivity index (χ3n) is 1.30. The Hall–Kier alpha value is -0.470. The van der Waals surface area contributed by atoms with E-state index in [4.69, 9.17) is 0 Å². The molecule has 0 fully saturated rings. The molecule has 0 aliphatic heterocycles. The van der Waals surface area contributed by atoms with Gasteiger partial charge in [-0.25, -0.2) is 0 Å². The van der Waals surface area contributed by atoms with E-state index in [2.05, 4.69) is 6.58 Å². The van der Waals surface area contributed by atoms with Gasteiger partial charge in [-0.2, -0.15) is 13.2 Å². The van der Waals surface area contributed by atoms with E-state index < -0.39 is 12.1 Å². The van der Waals surface area contributed by atoms with Crippen molar-refractivity contribution in [3.8, 4) is 0 Å². The minimum atomic E-state index is -4.10. The van der Waals surface area contributed by atoms with Gasteiger partial charge in [0.15, 0.2) is 0 Å². The van der Waals surface area contributed by atoms with Crippen LogP contribution < -0.4 is 0 Å². The second-order valence-electron chi connectivity index (χ2n) is 2.17. The third kappa shape index (κ3) is 2.90. The summed E-state index contributed by atoms with van der Waals surface area (Å²) in [6, 6.07) is 0. The number of alkyl halides is 3. The number of hydrogen-bond acceptors (Lipinski definition) is 0. The molecule has 10 heavy (non-hydrogen) atoms. The second-order valence-corrected chi connectivity index (χ2v) is 2.17. The summed E-state index contributed by atoms with van der Waals surface area (Å²) in [6.07, 6.45) is -2.45. The topological polar surface area (TPSA) is 0 Å². The summed E-state index contributed by atoms with van der Waals surface area (Å²) in [4.78, 5) is 0. The van der Waals surface area contributed by atoms with Gasteiger partial charge in [-0.05, 0) is 6.42 Å². The average Bonchev–Trinajstić information content (AvgIpc) is 1.80. The van der Waals surface area contributed by atoms with Crippen LogP contribution in [0.5, 0.6) is 0 Å². The Balaban J connectivity index is 3.93. The molecule has 0 aliphatic rings. The van der Waals surface area contributed by atoms with Crippen molar-refractivity contribution < 1.29 is 13.2 Å². The molecule has 0 N–H and O–H groups in total. The monoisotopic (exact) mass is 152 g/mol. The third-order valence-corrected chi connectivity index (χ3v) is 1.30. The van der Waals surface area contributed by atoms with Crippen LogP contribution in [0.15, 0.2) is 12.7 Å². The summed E-state index contributed by atoms with van der Waals surface area (Å²) in [7, 11) is 0. The van der Waals surface area contributed by atoms with Gasteiger partial charge in [0.2, 0.25) is 0 Å². The Labute approximate surface area is 58.7 Å². The van der Waals surface area contributed by atoms with Crippen LogP contribution in [0, 0.1) is 5.92 Å². The lowest BCUT2D eigenvalue weighted by Gasteiger charge is -2.14. The number of rotatable bonds is 3. The van der Waals surface area contributed by atoms with E-state index in [0.717, 1.165) is 6.08 Å². The van der Waals surface area contributed by atoms with Crippen LogP contribution in [-0.4, -0.2) is 6.18 Å². The van der Waals surface area contributed by atoms with Gasteiger partial charge in [-0.1, -0.05) is 19.4 Å². The minimum Gasteiger partial charge on any atom is -0.170 e. The van der Waals surface area contributed by atoms with Crippen molar-refractivity contribution in [2.24, 2.45) is 5.92 Å². The molecule has 60 valence electrons. The molecule has 0 saturated carbocycles. The highest BCUT2D eigenvalue weighted by Crippen LogP contribution is 2.30. The molecule has 0 aromatic carbocycles. The van der Waals surface area contributed by atoms with Crippen LogP contribution in [0.4, 0.5) is 13.2 Å². The van der Waals surface area contributed by atoms with Crippen LogP contribution in [-0.2, 0) is 0 Å². The molecule has 3 heteroatoms. The zero-order chi connectivity index (χ0) is 8.20. The maximum Gasteiger partial charge on any atom is 0.395 e. The zero-order valence-corrected chi connectivity index (χ0v) is 5.91. The molecule has 0 nitrogen and oxygen atoms in total. The lowest BCUT2D eigenvalue weighted by molar-refractivity contribution is -0.162. The number of hydrogen-bond donors (Lipinski definition) is 0. The highest BCUT2D eigenvalue weighted by atomic mass is 19.4. The SMILES string of the molecule is C=CC(CCC)C(F)(F)F. The fraction of sp³-hybridized carbons (Fsp3) is 0.714. The molecule has 0 heterocycles. The van der Waals surface area contributed by atoms with Crippen LogP contribution >= 0.6 is 0 Å². The first-order valence-electron chi connectivity index (χ1n) is 3.21. The largest absolute Gasteiger partial charge is 0.395 e. The van der Waals surface area contributed by atoms with Gasteiger partial charge < -0.3 is 0 Å². The Morgan fingerprint density at radius 1 is 1.50 bits per heavy atom. The second kappa shape index (κ2) is 3.64. The van der Waals surface area contributed by atoms with Crippen LogP contribution in [0.1, 0.15) is 19.8 Å². The summed E-state index contributed by atoms with van der Waals surface area (Å²) in [6.45, 7) is 4.85. The summed E-state index contributed by atoms with van der Waals surface area (Å²) in [5.74, 6) is -1.32. The van der Waals surface area contributed by atoms with Crippen molar-refractivity contribution in [1.82, 2.24) is 0 Å². The lowest BCUT2D eigenvalue weighted by atomic mass is 10.0. The Morgan fingerprint density at radius 2 is 2.00 bits per heavy atom. The normalized spacial score (nSPS) is 14.8. The lowest BCUT2D eigenvalue weighted by Crippen LogP contribution is -2.20. The van der Waals surface area contributed by atoms with E-state index in [0.29, 0.717) is 6.42 Å². The molecule has 0 aliphatic carbocycles. The molecular formula is C7H11F3. The molecule has 1 atom stereocenters. The van der Waals surface area contributed by atoms with Gasteiger partial charge >= 0.3 is 6.18 Å². The van der Waals surface area contributed by atoms with Crippen LogP contribution in [0.2, 0.25) is 0 Å². The van der Waals surface area contributed by atoms with Gasteiger partial charge in [0.05, 0.1) is 5.92 Å². The van der Waals surface area contributed by atoms with Crippen molar-refractivity contribution >= 4 is 0 Å². The van der Waals surface area contributed by atoms with E-state index in [1.165, 1.54) is 0 Å². The van der Waals surface area contributed by atoms with E-state index in [1.807, 2.05) is 0 Å². The summed E-state index contributed by atoms with van der Waals surface area (Å²) in [5.41, 5.74) is 0. The predicted octanol–water partition coefficient (Wildman–Crippen LogP) is 3.15. The summed E-state index contributed by atoms with van der Waals surface area (Å²) < 4.78 is 35.5. The van der Waals surface area contributed by atoms with Crippen LogP contribution in [0.3, 0.4) is 0 Å². The van der Waals surface area contributed by atoms with Crippen molar-refractivity contribution in [2.75, 3.05) is 0 Å². The number of halogens is 3. The number of allylic oxidation sites excluding steroid dienone is 1. The molecule has 0 amide bonds. The Kier molecular flexibility index (Phi) is 3.47. The van der Waals surface area contributed by atoms with Gasteiger partial charge in [-0.15, -0.1) is 6.58 Å². The van der Waals surface area contributed by atoms with Gasteiger partial charge in [-0.3, -0.25) is 0 Å². The Morgan fingerprint density at radius 3 is 2.10 bits per heavy atom. The van der Waals surface area contributed by atoms with E-state index in [9.17, 15) is 13.2 Å². The first kappa shape index (κ1) is 9.53. The molecule has 0 rings (SSSR count). The summed E-state index contributed by atoms with van der Waals surface area (Å²) >= 11 is 0. The zero-order valence-electron chi connectivity index (χ0n) is 5.91. The molecule has 0 aromatic heterocycles. The van der Waals surface area contributed by atoms with E-state index in [1.54, 1.807) is 6.92 Å². The molecule has 0 aromatic rings. The van der Waals surface area contributed by atoms with E-state index >= 15 is 0 Å². The minimum absolute atomic E-state index is 0.146. The van der Waals surface area contributed by atoms with Crippen molar-refractivity contribution in [2.45, 2.75) is 25.9 Å². The van der Waals surface area contributed by atoms with Crippen molar-refractivity contribution in [1.29, 1.82) is 0 Å². The fourth-order valence-electron chi connectivity index (χ4n) is 0.726. The van der Waals surface area contributed by atoms with Crippen molar-refractivity contribution in [3.63, 3.8) is 0 Å². The predicted molar refractivity (Wildman–Crippen MR) is 34.6 cm³/mol. The fourth-order valence-corrected chi connectivity index (χ4v) is 0.726. The standard InChI is InChI=1S/C7H11F3/c1-3-5-6(4-2)7(8,9)10/h4,6H,2-3,5H2,1H3. The molecule has 0 spiro atoms. The molecule has 0 bridgehead atoms. The summed E-state index contributed by atoms with van der Waals surface area (Å²) in [5, 5.41) is 0. The van der Waals surface area contributed by atoms with Gasteiger partial charge in [0.25, 0.3) is 0 Å². The molecular weight excluding hydrogens is 141 g/mol. The highest BCUT2D eigenvalue weighted by Gasteiger charge is 2.36. The first-order chi connectivity index (χ1) is 4.52. The molecule has 0 radical (unpaired) electrons. The van der Waals surface area contributed by atoms with Crippen LogP contribution in [0.25, 0.3) is 0 Å².